The van der Waals surface area contributed by atoms with Crippen LogP contribution in [-0.4, -0.2) is 35.4 Å². The lowest BCUT2D eigenvalue weighted by atomic mass is 9.96. The van der Waals surface area contributed by atoms with E-state index in [0.29, 0.717) is 24.3 Å². The number of carbonyl (C=O) groups is 2. The molecular weight excluding hydrogens is 442 g/mol. The Kier molecular flexibility index (Phi) is 7.37. The number of nitrogens with zero attached hydrogens (tertiary/aromatic N) is 2. The van der Waals surface area contributed by atoms with Gasteiger partial charge in [0.2, 0.25) is 11.8 Å². The van der Waals surface area contributed by atoms with Crippen molar-refractivity contribution in [3.8, 4) is 0 Å². The summed E-state index contributed by atoms with van der Waals surface area (Å²) in [5, 5.41) is 0. The van der Waals surface area contributed by atoms with Crippen LogP contribution in [0.15, 0.2) is 36.4 Å². The van der Waals surface area contributed by atoms with Gasteiger partial charge in [-0.3, -0.25) is 9.59 Å². The van der Waals surface area contributed by atoms with E-state index in [2.05, 4.69) is 0 Å². The van der Waals surface area contributed by atoms with Crippen molar-refractivity contribution in [3.05, 3.63) is 59.2 Å². The second-order valence-electron chi connectivity index (χ2n) is 8.96. The summed E-state index contributed by atoms with van der Waals surface area (Å²) in [6.07, 6.45) is 3.95. The standard InChI is InChI=1S/C26H30F2N2O2S/c1-17-3-5-19-15-21(27)7-9-23(19)29(17)25(31)11-13-33-14-12-26(32)30-18(2)4-6-20-16-22(28)8-10-24(20)30/h7-10,15-18H,3-6,11-14H2,1-2H3. The fourth-order valence-electron chi connectivity index (χ4n) is 4.86. The van der Waals surface area contributed by atoms with Crippen molar-refractivity contribution in [3.63, 3.8) is 0 Å². The van der Waals surface area contributed by atoms with Crippen LogP contribution in [0.5, 0.6) is 0 Å². The summed E-state index contributed by atoms with van der Waals surface area (Å²) in [5.74, 6) is 0.786. The van der Waals surface area contributed by atoms with Gasteiger partial charge in [0.1, 0.15) is 11.6 Å². The summed E-state index contributed by atoms with van der Waals surface area (Å²) < 4.78 is 27.2. The van der Waals surface area contributed by atoms with Crippen molar-refractivity contribution in [1.82, 2.24) is 0 Å². The predicted octanol–water partition coefficient (Wildman–Crippen LogP) is 5.51. The highest BCUT2D eigenvalue weighted by molar-refractivity contribution is 7.99. The van der Waals surface area contributed by atoms with E-state index in [1.54, 1.807) is 33.7 Å². The number of hydrogen-bond acceptors (Lipinski definition) is 3. The number of aryl methyl sites for hydroxylation is 2. The SMILES string of the molecule is CC1CCc2cc(F)ccc2N1C(=O)CCSCCC(=O)N1c2ccc(F)cc2CCC1C. The molecule has 33 heavy (non-hydrogen) atoms. The Morgan fingerprint density at radius 1 is 0.818 bits per heavy atom. The molecule has 4 rings (SSSR count). The summed E-state index contributed by atoms with van der Waals surface area (Å²) in [5.41, 5.74) is 3.40. The van der Waals surface area contributed by atoms with E-state index in [1.807, 2.05) is 13.8 Å². The average molecular weight is 473 g/mol. The maximum absolute atomic E-state index is 13.6. The highest BCUT2D eigenvalue weighted by Gasteiger charge is 2.29. The molecule has 0 saturated carbocycles. The molecule has 0 bridgehead atoms. The van der Waals surface area contributed by atoms with Crippen LogP contribution in [0.2, 0.25) is 0 Å². The smallest absolute Gasteiger partial charge is 0.228 e. The zero-order valence-corrected chi connectivity index (χ0v) is 20.0. The Balaban J connectivity index is 1.28. The molecule has 2 heterocycles. The van der Waals surface area contributed by atoms with Crippen molar-refractivity contribution in [2.75, 3.05) is 21.3 Å². The zero-order chi connectivity index (χ0) is 23.5. The molecule has 2 atom stereocenters. The van der Waals surface area contributed by atoms with Gasteiger partial charge in [-0.2, -0.15) is 11.8 Å². The monoisotopic (exact) mass is 472 g/mol. The molecular formula is C26H30F2N2O2S. The Labute approximate surface area is 198 Å². The van der Waals surface area contributed by atoms with Gasteiger partial charge >= 0.3 is 0 Å². The van der Waals surface area contributed by atoms with Gasteiger partial charge in [-0.15, -0.1) is 0 Å². The number of amides is 2. The Bertz CT molecular complexity index is 963. The van der Waals surface area contributed by atoms with Crippen LogP contribution in [0.3, 0.4) is 0 Å². The molecule has 4 nitrogen and oxygen atoms in total. The third-order valence-electron chi connectivity index (χ3n) is 6.60. The van der Waals surface area contributed by atoms with Crippen molar-refractivity contribution >= 4 is 35.0 Å². The molecule has 2 aliphatic heterocycles. The lowest BCUT2D eigenvalue weighted by Crippen LogP contribution is -2.42. The summed E-state index contributed by atoms with van der Waals surface area (Å²) in [6.45, 7) is 4.05. The number of benzene rings is 2. The molecule has 176 valence electrons. The lowest BCUT2D eigenvalue weighted by molar-refractivity contribution is -0.119. The second kappa shape index (κ2) is 10.2. The molecule has 0 aliphatic carbocycles. The molecule has 0 saturated heterocycles. The molecule has 0 radical (unpaired) electrons. The van der Waals surface area contributed by atoms with E-state index in [4.69, 9.17) is 0 Å². The first-order valence-corrected chi connectivity index (χ1v) is 12.8. The Hall–Kier alpha value is -2.41. The number of hydrogen-bond donors (Lipinski definition) is 0. The van der Waals surface area contributed by atoms with Gasteiger partial charge in [-0.25, -0.2) is 8.78 Å². The lowest BCUT2D eigenvalue weighted by Gasteiger charge is -2.35. The number of fused-ring (bicyclic) bond motifs is 2. The normalized spacial score (nSPS) is 19.8. The van der Waals surface area contributed by atoms with E-state index in [1.165, 1.54) is 24.3 Å². The average Bonchev–Trinajstić information content (AvgIpc) is 2.78. The van der Waals surface area contributed by atoms with Gasteiger partial charge in [0.15, 0.2) is 0 Å². The summed E-state index contributed by atoms with van der Waals surface area (Å²) in [7, 11) is 0. The first-order chi connectivity index (χ1) is 15.8. The largest absolute Gasteiger partial charge is 0.309 e. The molecule has 0 aromatic heterocycles. The fourth-order valence-corrected chi connectivity index (χ4v) is 5.70. The van der Waals surface area contributed by atoms with E-state index in [9.17, 15) is 18.4 Å². The van der Waals surface area contributed by atoms with Gasteiger partial charge in [0, 0.05) is 47.8 Å². The van der Waals surface area contributed by atoms with Crippen LogP contribution in [0.4, 0.5) is 20.2 Å². The predicted molar refractivity (Wildman–Crippen MR) is 130 cm³/mol. The number of anilines is 2. The first-order valence-electron chi connectivity index (χ1n) is 11.6. The minimum atomic E-state index is -0.272. The minimum absolute atomic E-state index is 0.0366. The molecule has 2 aromatic rings. The molecule has 2 amide bonds. The number of carbonyl (C=O) groups excluding carboxylic acids is 2. The quantitative estimate of drug-likeness (QED) is 0.520. The van der Waals surface area contributed by atoms with Crippen LogP contribution < -0.4 is 9.80 Å². The maximum atomic E-state index is 13.6. The van der Waals surface area contributed by atoms with Crippen LogP contribution in [0, 0.1) is 11.6 Å². The fraction of sp³-hybridized carbons (Fsp3) is 0.462. The van der Waals surface area contributed by atoms with Crippen molar-refractivity contribution in [2.24, 2.45) is 0 Å². The molecule has 2 aliphatic rings. The number of halogens is 2. The molecule has 0 fully saturated rings. The van der Waals surface area contributed by atoms with Crippen LogP contribution >= 0.6 is 11.8 Å². The Morgan fingerprint density at radius 2 is 1.24 bits per heavy atom. The third kappa shape index (κ3) is 5.24. The van der Waals surface area contributed by atoms with E-state index in [-0.39, 0.29) is 35.5 Å². The van der Waals surface area contributed by atoms with Gasteiger partial charge < -0.3 is 9.80 Å². The van der Waals surface area contributed by atoms with Crippen LogP contribution in [-0.2, 0) is 22.4 Å². The van der Waals surface area contributed by atoms with Gasteiger partial charge in [0.25, 0.3) is 0 Å². The molecule has 0 N–H and O–H groups in total. The first kappa shape index (κ1) is 23.7. The summed E-state index contributed by atoms with van der Waals surface area (Å²) >= 11 is 1.59. The molecule has 2 unspecified atom stereocenters. The van der Waals surface area contributed by atoms with Crippen LogP contribution in [0.25, 0.3) is 0 Å². The number of thioether (sulfide) groups is 1. The molecule has 2 aromatic carbocycles. The Morgan fingerprint density at radius 3 is 1.67 bits per heavy atom. The zero-order valence-electron chi connectivity index (χ0n) is 19.2. The second-order valence-corrected chi connectivity index (χ2v) is 10.2. The van der Waals surface area contributed by atoms with E-state index < -0.39 is 0 Å². The third-order valence-corrected chi connectivity index (χ3v) is 7.59. The van der Waals surface area contributed by atoms with E-state index in [0.717, 1.165) is 48.2 Å². The minimum Gasteiger partial charge on any atom is -0.309 e. The van der Waals surface area contributed by atoms with Gasteiger partial charge in [-0.05, 0) is 87.1 Å². The summed E-state index contributed by atoms with van der Waals surface area (Å²) in [6, 6.07) is 9.45. The van der Waals surface area contributed by atoms with Gasteiger partial charge in [0.05, 0.1) is 0 Å². The highest BCUT2D eigenvalue weighted by atomic mass is 32.2. The van der Waals surface area contributed by atoms with Gasteiger partial charge in [-0.1, -0.05) is 0 Å². The van der Waals surface area contributed by atoms with Crippen molar-refractivity contribution < 1.29 is 18.4 Å². The molecule has 0 spiro atoms. The highest BCUT2D eigenvalue weighted by Crippen LogP contribution is 2.33. The van der Waals surface area contributed by atoms with Crippen molar-refractivity contribution in [1.29, 1.82) is 0 Å². The topological polar surface area (TPSA) is 40.6 Å². The maximum Gasteiger partial charge on any atom is 0.228 e. The van der Waals surface area contributed by atoms with Crippen molar-refractivity contribution in [2.45, 2.75) is 64.5 Å². The molecule has 7 heteroatoms. The van der Waals surface area contributed by atoms with Crippen LogP contribution in [0.1, 0.15) is 50.7 Å². The number of rotatable bonds is 6. The summed E-state index contributed by atoms with van der Waals surface area (Å²) in [4.78, 5) is 29.4. The van der Waals surface area contributed by atoms with E-state index >= 15 is 0 Å².